The normalized spacial score (nSPS) is 12.1. The topological polar surface area (TPSA) is 82.9 Å². The summed E-state index contributed by atoms with van der Waals surface area (Å²) in [4.78, 5) is 11.1. The molecule has 8 heteroatoms. The summed E-state index contributed by atoms with van der Waals surface area (Å²) in [5, 5.41) is 19.0. The Balaban J connectivity index is 0.000000137. The second-order valence-electron chi connectivity index (χ2n) is 23.4. The van der Waals surface area contributed by atoms with Crippen LogP contribution in [-0.2, 0) is 14.9 Å². The van der Waals surface area contributed by atoms with Crippen molar-refractivity contribution >= 4 is 43.7 Å². The Morgan fingerprint density at radius 2 is 0.559 bits per heavy atom. The first-order valence-electron chi connectivity index (χ1n) is 34.9. The van der Waals surface area contributed by atoms with Crippen molar-refractivity contribution in [3.63, 3.8) is 0 Å². The van der Waals surface area contributed by atoms with Crippen LogP contribution >= 0.6 is 11.3 Å². The molecule has 7 nitrogen and oxygen atoms in total. The summed E-state index contributed by atoms with van der Waals surface area (Å²) in [7, 11) is 0. The quantitative estimate of drug-likeness (QED) is 0.163. The number of rotatable bonds is 3. The van der Waals surface area contributed by atoms with E-state index in [2.05, 4.69) is 292 Å². The van der Waals surface area contributed by atoms with Crippen molar-refractivity contribution in [2.45, 2.75) is 50.4 Å². The van der Waals surface area contributed by atoms with Gasteiger partial charge in [-0.25, -0.2) is 9.97 Å². The number of pyridine rings is 1. The minimum absolute atomic E-state index is 0.254. The molecular formula is C94H89N5O2S. The lowest BCUT2D eigenvalue weighted by Gasteiger charge is -2.33. The second kappa shape index (κ2) is 45.8. The Labute approximate surface area is 607 Å². The number of aromatic nitrogens is 5. The minimum Gasteiger partial charge on any atom is -0.355 e. The van der Waals surface area contributed by atoms with E-state index in [1.165, 1.54) is 122 Å². The van der Waals surface area contributed by atoms with Crippen molar-refractivity contribution < 1.29 is 9.47 Å². The molecular weight excluding hydrogens is 1260 g/mol. The van der Waals surface area contributed by atoms with Gasteiger partial charge in [0.15, 0.2) is 0 Å². The fourth-order valence-electron chi connectivity index (χ4n) is 11.6. The van der Waals surface area contributed by atoms with E-state index in [4.69, 9.17) is 9.47 Å². The summed E-state index contributed by atoms with van der Waals surface area (Å²) in [6.45, 7) is 2.25. The molecule has 0 amide bonds. The van der Waals surface area contributed by atoms with Gasteiger partial charge < -0.3 is 9.47 Å². The number of fused-ring (bicyclic) bond motifs is 6. The highest BCUT2D eigenvalue weighted by Gasteiger charge is 2.45. The van der Waals surface area contributed by atoms with Gasteiger partial charge in [-0.05, 0) is 136 Å². The average Bonchev–Trinajstić information content (AvgIpc) is 1.54. The van der Waals surface area contributed by atoms with E-state index in [-0.39, 0.29) is 5.41 Å². The Bertz CT molecular complexity index is 4110. The molecule has 102 heavy (non-hydrogen) atoms. The monoisotopic (exact) mass is 1350 g/mol. The number of thiophene rings is 1. The van der Waals surface area contributed by atoms with Crippen molar-refractivity contribution in [3.05, 3.63) is 441 Å². The fourth-order valence-corrected chi connectivity index (χ4v) is 12.1. The zero-order chi connectivity index (χ0) is 70.1. The molecule has 0 spiro atoms. The van der Waals surface area contributed by atoms with Crippen LogP contribution in [0.2, 0.25) is 0 Å². The molecule has 4 aromatic heterocycles. The molecule has 2 fully saturated rings. The molecule has 19 rings (SSSR count). The third-order valence-corrected chi connectivity index (χ3v) is 17.0. The summed E-state index contributed by atoms with van der Waals surface area (Å²) in [5.41, 5.74) is 10.3. The van der Waals surface area contributed by atoms with Gasteiger partial charge in [-0.3, -0.25) is 4.98 Å². The maximum Gasteiger partial charge on any atom is 0.146 e. The Kier molecular flexibility index (Phi) is 33.5. The molecule has 5 heterocycles. The molecule has 1 saturated heterocycles. The predicted molar refractivity (Wildman–Crippen MR) is 429 cm³/mol. The maximum atomic E-state index is 4.85. The summed E-state index contributed by atoms with van der Waals surface area (Å²) in [6.07, 6.45) is 21.7. The van der Waals surface area contributed by atoms with Crippen molar-refractivity contribution in [1.82, 2.24) is 25.1 Å². The number of nitrogens with zero attached hydrogens (tertiary/aromatic N) is 5. The Morgan fingerprint density at radius 3 is 0.824 bits per heavy atom. The Morgan fingerprint density at radius 1 is 0.255 bits per heavy atom. The van der Waals surface area contributed by atoms with Gasteiger partial charge in [-0.2, -0.15) is 21.5 Å². The van der Waals surface area contributed by atoms with Crippen molar-refractivity contribution in [1.29, 1.82) is 0 Å². The zero-order valence-electron chi connectivity index (χ0n) is 57.9. The third kappa shape index (κ3) is 25.3. The van der Waals surface area contributed by atoms with E-state index < -0.39 is 0 Å². The van der Waals surface area contributed by atoms with Gasteiger partial charge >= 0.3 is 0 Å². The highest BCUT2D eigenvalue weighted by Crippen LogP contribution is 2.55. The molecule has 508 valence electrons. The molecule has 0 bridgehead atoms. The van der Waals surface area contributed by atoms with Gasteiger partial charge in [-0.15, -0.1) is 0 Å². The molecule has 2 aliphatic carbocycles. The van der Waals surface area contributed by atoms with Gasteiger partial charge in [0.1, 0.15) is 13.1 Å². The molecule has 0 atom stereocenters. The van der Waals surface area contributed by atoms with Crippen LogP contribution < -0.4 is 0 Å². The van der Waals surface area contributed by atoms with Crippen LogP contribution in [0.25, 0.3) is 54.6 Å². The minimum atomic E-state index is -0.254. The molecule has 16 aromatic rings. The van der Waals surface area contributed by atoms with Crippen LogP contribution in [-0.4, -0.2) is 45.2 Å². The van der Waals surface area contributed by atoms with E-state index in [1.54, 1.807) is 54.6 Å². The number of hydrogen-bond donors (Lipinski definition) is 0. The van der Waals surface area contributed by atoms with Gasteiger partial charge in [0, 0.05) is 37.2 Å². The Hall–Kier alpha value is -11.7. The first-order valence-corrected chi connectivity index (χ1v) is 35.8. The highest BCUT2D eigenvalue weighted by molar-refractivity contribution is 7.07. The molecule has 12 aromatic carbocycles. The largest absolute Gasteiger partial charge is 0.355 e. The lowest BCUT2D eigenvalue weighted by atomic mass is 9.68. The number of ether oxygens (including phenoxy) is 2. The standard InChI is InChI=1S/C25H18.C14H10.C12H10.C10H8.C6H12.C6H6.C5H5N.2C4H4N2.C4H8O2.C4H4S/c1-3-11-19(12-4-1)25(20-13-5-2-6-14-20)23-17-9-7-15-21(23)22-16-8-10-18-24(22)25;1-2-6-12-10-14-8-4-3-7-13(14)9-11(12)5-1;1-3-7-11(8-4-1)12-9-5-2-6-10-12;1-2-6-10-8-4-3-7-9(10)5-1;3*1-2-4-6-5-3-1;1-2-5-4-6-3-1;1-2-4-6-5-3-1;1-2-5-4-6-3-1;1-2-4-5-3-1/h1-18H;1-10H;1-10H;1-8H;1-6H2;1-6H;1-5H;2*1-4H;1-4H2;1-4H. The third-order valence-electron chi connectivity index (χ3n) is 16.4. The van der Waals surface area contributed by atoms with Gasteiger partial charge in [0.05, 0.1) is 18.6 Å². The van der Waals surface area contributed by atoms with E-state index in [1.807, 2.05) is 102 Å². The van der Waals surface area contributed by atoms with Gasteiger partial charge in [0.25, 0.3) is 0 Å². The van der Waals surface area contributed by atoms with E-state index in [0.717, 1.165) is 19.6 Å². The van der Waals surface area contributed by atoms with E-state index in [9.17, 15) is 0 Å². The number of hydrogen-bond acceptors (Lipinski definition) is 8. The highest BCUT2D eigenvalue weighted by atomic mass is 32.1. The van der Waals surface area contributed by atoms with Crippen molar-refractivity contribution in [3.8, 4) is 22.3 Å². The summed E-state index contributed by atoms with van der Waals surface area (Å²) >= 11 is 1.71. The summed E-state index contributed by atoms with van der Waals surface area (Å²) in [5.74, 6) is 0. The molecule has 0 radical (unpaired) electrons. The van der Waals surface area contributed by atoms with Crippen LogP contribution in [0.5, 0.6) is 0 Å². The van der Waals surface area contributed by atoms with Gasteiger partial charge in [0.2, 0.25) is 0 Å². The van der Waals surface area contributed by atoms with Gasteiger partial charge in [-0.1, -0.05) is 360 Å². The maximum absolute atomic E-state index is 4.85. The summed E-state index contributed by atoms with van der Waals surface area (Å²) in [6, 6.07) is 126. The van der Waals surface area contributed by atoms with Crippen molar-refractivity contribution in [2.24, 2.45) is 0 Å². The van der Waals surface area contributed by atoms with E-state index >= 15 is 0 Å². The molecule has 0 N–H and O–H groups in total. The number of benzene rings is 12. The summed E-state index contributed by atoms with van der Waals surface area (Å²) < 4.78 is 9.69. The van der Waals surface area contributed by atoms with E-state index in [0.29, 0.717) is 6.79 Å². The first-order chi connectivity index (χ1) is 50.8. The lowest BCUT2D eigenvalue weighted by Crippen LogP contribution is -2.28. The zero-order valence-corrected chi connectivity index (χ0v) is 58.7. The van der Waals surface area contributed by atoms with Crippen LogP contribution in [0, 0.1) is 0 Å². The lowest BCUT2D eigenvalue weighted by molar-refractivity contribution is -0.0963. The average molecular weight is 1350 g/mol. The van der Waals surface area contributed by atoms with Crippen LogP contribution in [0.3, 0.4) is 0 Å². The SMILES string of the molecule is C1CCCCC1.C1COCOC1.c1ccc(-c2ccccc2)cc1.c1ccc(C2(c3ccccc3)c3ccccc3-c3ccccc32)cc1.c1ccc2cc3ccccc3cc2c1.c1ccc2ccccc2c1.c1ccccc1.c1ccncc1.c1ccnnc1.c1ccsc1.c1cncnc1. The fraction of sp³-hybridized carbons (Fsp3) is 0.117. The van der Waals surface area contributed by atoms with Crippen LogP contribution in [0.15, 0.2) is 418 Å². The molecule has 0 unspecified atom stereocenters. The van der Waals surface area contributed by atoms with Crippen LogP contribution in [0.1, 0.15) is 67.2 Å². The smallest absolute Gasteiger partial charge is 0.146 e. The molecule has 1 saturated carbocycles. The second-order valence-corrected chi connectivity index (χ2v) is 24.2. The molecule has 1 aliphatic heterocycles. The molecule has 3 aliphatic rings. The first kappa shape index (κ1) is 74.6. The predicted octanol–water partition coefficient (Wildman–Crippen LogP) is 24.4. The van der Waals surface area contributed by atoms with Crippen LogP contribution in [0.4, 0.5) is 0 Å². The van der Waals surface area contributed by atoms with Crippen molar-refractivity contribution in [2.75, 3.05) is 20.0 Å².